The van der Waals surface area contributed by atoms with E-state index in [1.165, 1.54) is 20.3 Å². The summed E-state index contributed by atoms with van der Waals surface area (Å²) in [6.07, 6.45) is 0.545. The summed E-state index contributed by atoms with van der Waals surface area (Å²) in [5.74, 6) is -1.96. The van der Waals surface area contributed by atoms with Gasteiger partial charge in [0.15, 0.2) is 5.69 Å². The smallest absolute Gasteiger partial charge is 0.435 e. The number of allylic oxidation sites excluding steroid dienone is 2. The van der Waals surface area contributed by atoms with Gasteiger partial charge < -0.3 is 10.0 Å². The van der Waals surface area contributed by atoms with Crippen LogP contribution in [0.25, 0.3) is 0 Å². The molecule has 0 fully saturated rings. The summed E-state index contributed by atoms with van der Waals surface area (Å²) in [4.78, 5) is 25.3. The van der Waals surface area contributed by atoms with E-state index in [9.17, 15) is 27.9 Å². The van der Waals surface area contributed by atoms with Crippen LogP contribution < -0.4 is 0 Å². The Hall–Kier alpha value is -2.32. The molecule has 0 saturated carbocycles. The molecule has 1 unspecified atom stereocenters. The zero-order valence-corrected chi connectivity index (χ0v) is 13.3. The number of aryl methyl sites for hydroxylation is 1. The standard InChI is InChI=1S/C15H18F3N3O3/c1-20(8-10-9-21(2)19-11(10)15(16,17)18)12(22)14(13(23)24)6-4-3-5-7-14/h3-4,9H,5-8H2,1-2H3,(H,23,24). The molecule has 1 aliphatic rings. The van der Waals surface area contributed by atoms with Crippen molar-refractivity contribution in [1.29, 1.82) is 0 Å². The van der Waals surface area contributed by atoms with Gasteiger partial charge in [-0.1, -0.05) is 12.2 Å². The third kappa shape index (κ3) is 3.29. The quantitative estimate of drug-likeness (QED) is 0.671. The second-order valence-electron chi connectivity index (χ2n) is 5.94. The number of carbonyl (C=O) groups is 2. The van der Waals surface area contributed by atoms with E-state index in [1.807, 2.05) is 0 Å². The van der Waals surface area contributed by atoms with Crippen molar-refractivity contribution in [2.45, 2.75) is 32.0 Å². The van der Waals surface area contributed by atoms with Gasteiger partial charge in [0.05, 0.1) is 0 Å². The molecule has 1 amide bonds. The number of carboxylic acid groups (broad SMARTS) is 1. The van der Waals surface area contributed by atoms with Crippen LogP contribution in [0.2, 0.25) is 0 Å². The lowest BCUT2D eigenvalue weighted by molar-refractivity contribution is -0.161. The van der Waals surface area contributed by atoms with Gasteiger partial charge in [-0.3, -0.25) is 14.3 Å². The fourth-order valence-corrected chi connectivity index (χ4v) is 2.90. The van der Waals surface area contributed by atoms with E-state index in [0.717, 1.165) is 9.58 Å². The molecule has 6 nitrogen and oxygen atoms in total. The van der Waals surface area contributed by atoms with Gasteiger partial charge in [-0.15, -0.1) is 0 Å². The average Bonchev–Trinajstić information content (AvgIpc) is 2.87. The Balaban J connectivity index is 2.26. The van der Waals surface area contributed by atoms with Gasteiger partial charge in [-0.25, -0.2) is 0 Å². The molecule has 1 aromatic heterocycles. The SMILES string of the molecule is CN(Cc1cn(C)nc1C(F)(F)F)C(=O)C1(C(=O)O)CC=CCC1. The van der Waals surface area contributed by atoms with Crippen LogP contribution in [-0.4, -0.2) is 38.7 Å². The molecule has 1 heterocycles. The molecule has 0 saturated heterocycles. The van der Waals surface area contributed by atoms with Crippen LogP contribution in [0.4, 0.5) is 13.2 Å². The van der Waals surface area contributed by atoms with E-state index in [-0.39, 0.29) is 24.9 Å². The summed E-state index contributed by atoms with van der Waals surface area (Å²) in [5.41, 5.74) is -2.87. The predicted octanol–water partition coefficient (Wildman–Crippen LogP) is 2.21. The first-order chi connectivity index (χ1) is 11.1. The summed E-state index contributed by atoms with van der Waals surface area (Å²) in [7, 11) is 2.66. The van der Waals surface area contributed by atoms with Gasteiger partial charge in [0, 0.05) is 32.4 Å². The maximum atomic E-state index is 13.0. The van der Waals surface area contributed by atoms with E-state index in [4.69, 9.17) is 0 Å². The summed E-state index contributed by atoms with van der Waals surface area (Å²) in [6, 6.07) is 0. The average molecular weight is 345 g/mol. The molecule has 1 aromatic rings. The minimum Gasteiger partial charge on any atom is -0.480 e. The van der Waals surface area contributed by atoms with Gasteiger partial charge >= 0.3 is 12.1 Å². The first kappa shape index (κ1) is 18.0. The number of nitrogens with zero attached hydrogens (tertiary/aromatic N) is 3. The number of aliphatic carboxylic acids is 1. The lowest BCUT2D eigenvalue weighted by Gasteiger charge is -2.33. The van der Waals surface area contributed by atoms with Gasteiger partial charge in [0.2, 0.25) is 5.91 Å². The van der Waals surface area contributed by atoms with Gasteiger partial charge in [0.1, 0.15) is 5.41 Å². The molecule has 0 spiro atoms. The number of hydrogen-bond donors (Lipinski definition) is 1. The van der Waals surface area contributed by atoms with Crippen LogP contribution in [0.15, 0.2) is 18.3 Å². The molecule has 132 valence electrons. The zero-order valence-electron chi connectivity index (χ0n) is 13.3. The van der Waals surface area contributed by atoms with Crippen LogP contribution in [0.1, 0.15) is 30.5 Å². The van der Waals surface area contributed by atoms with E-state index < -0.39 is 29.2 Å². The normalized spacial score (nSPS) is 20.9. The Kier molecular flexibility index (Phi) is 4.73. The summed E-state index contributed by atoms with van der Waals surface area (Å²) in [6.45, 7) is -0.361. The predicted molar refractivity (Wildman–Crippen MR) is 77.7 cm³/mol. The van der Waals surface area contributed by atoms with Crippen LogP contribution in [-0.2, 0) is 29.4 Å². The fourth-order valence-electron chi connectivity index (χ4n) is 2.90. The Labute approximate surface area is 136 Å². The van der Waals surface area contributed by atoms with Crippen molar-refractivity contribution in [2.24, 2.45) is 12.5 Å². The van der Waals surface area contributed by atoms with Crippen LogP contribution in [0.3, 0.4) is 0 Å². The monoisotopic (exact) mass is 345 g/mol. The molecular formula is C15H18F3N3O3. The summed E-state index contributed by atoms with van der Waals surface area (Å²) >= 11 is 0. The maximum Gasteiger partial charge on any atom is 0.435 e. The number of aromatic nitrogens is 2. The second kappa shape index (κ2) is 6.29. The van der Waals surface area contributed by atoms with Gasteiger partial charge in [0.25, 0.3) is 0 Å². The molecule has 1 aliphatic carbocycles. The van der Waals surface area contributed by atoms with Gasteiger partial charge in [-0.2, -0.15) is 18.3 Å². The van der Waals surface area contributed by atoms with Crippen molar-refractivity contribution in [3.05, 3.63) is 29.6 Å². The second-order valence-corrected chi connectivity index (χ2v) is 5.94. The molecular weight excluding hydrogens is 327 g/mol. The topological polar surface area (TPSA) is 75.4 Å². The highest BCUT2D eigenvalue weighted by molar-refractivity contribution is 6.02. The lowest BCUT2D eigenvalue weighted by Crippen LogP contribution is -2.47. The minimum absolute atomic E-state index is 0.0324. The lowest BCUT2D eigenvalue weighted by atomic mass is 9.76. The molecule has 1 N–H and O–H groups in total. The number of carbonyl (C=O) groups excluding carboxylic acids is 1. The molecule has 0 radical (unpaired) electrons. The molecule has 24 heavy (non-hydrogen) atoms. The Morgan fingerprint density at radius 3 is 2.58 bits per heavy atom. The number of halogens is 3. The van der Waals surface area contributed by atoms with Crippen molar-refractivity contribution in [3.8, 4) is 0 Å². The fraction of sp³-hybridized carbons (Fsp3) is 0.533. The summed E-state index contributed by atoms with van der Waals surface area (Å²) in [5, 5.41) is 12.9. The van der Waals surface area contributed by atoms with Crippen molar-refractivity contribution < 1.29 is 27.9 Å². The van der Waals surface area contributed by atoms with E-state index in [1.54, 1.807) is 12.2 Å². The number of hydrogen-bond acceptors (Lipinski definition) is 3. The minimum atomic E-state index is -4.64. The highest BCUT2D eigenvalue weighted by Gasteiger charge is 2.47. The number of rotatable bonds is 4. The molecule has 1 atom stereocenters. The maximum absolute atomic E-state index is 13.0. The summed E-state index contributed by atoms with van der Waals surface area (Å²) < 4.78 is 40.0. The first-order valence-corrected chi connectivity index (χ1v) is 7.31. The van der Waals surface area contributed by atoms with Crippen LogP contribution in [0, 0.1) is 5.41 Å². The van der Waals surface area contributed by atoms with Crippen molar-refractivity contribution >= 4 is 11.9 Å². The highest BCUT2D eigenvalue weighted by atomic mass is 19.4. The molecule has 0 aromatic carbocycles. The molecule has 9 heteroatoms. The Morgan fingerprint density at radius 1 is 1.42 bits per heavy atom. The zero-order chi connectivity index (χ0) is 18.1. The third-order valence-electron chi connectivity index (χ3n) is 4.12. The highest BCUT2D eigenvalue weighted by Crippen LogP contribution is 2.36. The third-order valence-corrected chi connectivity index (χ3v) is 4.12. The number of amides is 1. The molecule has 0 bridgehead atoms. The van der Waals surface area contributed by atoms with E-state index >= 15 is 0 Å². The Morgan fingerprint density at radius 2 is 2.08 bits per heavy atom. The van der Waals surface area contributed by atoms with Crippen LogP contribution in [0.5, 0.6) is 0 Å². The van der Waals surface area contributed by atoms with Crippen molar-refractivity contribution in [2.75, 3.05) is 7.05 Å². The Bertz CT molecular complexity index is 681. The van der Waals surface area contributed by atoms with Gasteiger partial charge in [-0.05, 0) is 19.3 Å². The van der Waals surface area contributed by atoms with Crippen molar-refractivity contribution in [3.63, 3.8) is 0 Å². The first-order valence-electron chi connectivity index (χ1n) is 7.31. The van der Waals surface area contributed by atoms with E-state index in [0.29, 0.717) is 6.42 Å². The number of carboxylic acids is 1. The number of alkyl halides is 3. The van der Waals surface area contributed by atoms with Crippen molar-refractivity contribution in [1.82, 2.24) is 14.7 Å². The van der Waals surface area contributed by atoms with Crippen LogP contribution >= 0.6 is 0 Å². The molecule has 0 aliphatic heterocycles. The van der Waals surface area contributed by atoms with E-state index in [2.05, 4.69) is 5.10 Å². The largest absolute Gasteiger partial charge is 0.480 e. The molecule has 2 rings (SSSR count).